The van der Waals surface area contributed by atoms with Crippen LogP contribution in [0, 0.1) is 0 Å². The number of hydrogen-bond acceptors (Lipinski definition) is 5. The number of benzene rings is 2. The van der Waals surface area contributed by atoms with Crippen LogP contribution < -0.4 is 10.5 Å². The van der Waals surface area contributed by atoms with E-state index in [1.165, 1.54) is 0 Å². The summed E-state index contributed by atoms with van der Waals surface area (Å²) in [5.74, 6) is 1.63. The minimum absolute atomic E-state index is 0.132. The zero-order valence-electron chi connectivity index (χ0n) is 15.5. The number of ether oxygens (including phenoxy) is 2. The lowest BCUT2D eigenvalue weighted by Crippen LogP contribution is -2.17. The molecule has 0 aliphatic heterocycles. The summed E-state index contributed by atoms with van der Waals surface area (Å²) in [6, 6.07) is 15.7. The van der Waals surface area contributed by atoms with E-state index in [0.29, 0.717) is 19.0 Å². The molecule has 0 radical (unpaired) electrons. The zero-order valence-corrected chi connectivity index (χ0v) is 16.3. The van der Waals surface area contributed by atoms with Crippen LogP contribution in [0.25, 0.3) is 21.9 Å². The van der Waals surface area contributed by atoms with Crippen LogP contribution in [0.15, 0.2) is 54.7 Å². The first-order valence-electron chi connectivity index (χ1n) is 9.08. The summed E-state index contributed by atoms with van der Waals surface area (Å²) in [5, 5.41) is 0.914. The summed E-state index contributed by atoms with van der Waals surface area (Å²) < 4.78 is 12.7. The first-order chi connectivity index (χ1) is 14.2. The highest BCUT2D eigenvalue weighted by Crippen LogP contribution is 2.28. The molecule has 2 N–H and O–H groups in total. The van der Waals surface area contributed by atoms with E-state index < -0.39 is 6.09 Å². The Labute approximate surface area is 172 Å². The van der Waals surface area contributed by atoms with Gasteiger partial charge in [-0.2, -0.15) is 0 Å². The van der Waals surface area contributed by atoms with E-state index in [2.05, 4.69) is 9.97 Å². The van der Waals surface area contributed by atoms with Crippen molar-refractivity contribution in [2.24, 2.45) is 5.73 Å². The van der Waals surface area contributed by atoms with Gasteiger partial charge in [-0.05, 0) is 17.7 Å². The maximum absolute atomic E-state index is 10.9. The Hall–Kier alpha value is -3.32. The molecule has 0 fully saturated rings. The van der Waals surface area contributed by atoms with Gasteiger partial charge in [0.05, 0.1) is 29.7 Å². The summed E-state index contributed by atoms with van der Waals surface area (Å²) in [7, 11) is 0. The highest BCUT2D eigenvalue weighted by molar-refractivity contribution is 6.17. The van der Waals surface area contributed by atoms with Gasteiger partial charge >= 0.3 is 6.09 Å². The average Bonchev–Trinajstić information content (AvgIpc) is 3.10. The number of fused-ring (bicyclic) bond motifs is 3. The molecule has 0 saturated carbocycles. The minimum atomic E-state index is -0.812. The highest BCUT2D eigenvalue weighted by Gasteiger charge is 2.14. The summed E-state index contributed by atoms with van der Waals surface area (Å²) in [6.45, 7) is 1.01. The number of carbonyl (C=O) groups excluding carboxylic acids is 1. The standard InChI is InChI=1S/C21H19ClN4O3/c22-11-19-25-18-12-24-17-10-15(29-13-14-4-2-1-3-5-14)6-7-16(17)20(18)26(19)8-9-28-21(23)27/h1-7,10,12H,8-9,11,13H2,(H2,23,27). The normalized spacial score (nSPS) is 11.1. The van der Waals surface area contributed by atoms with E-state index >= 15 is 0 Å². The molecular weight excluding hydrogens is 392 g/mol. The fourth-order valence-corrected chi connectivity index (χ4v) is 3.46. The van der Waals surface area contributed by atoms with Crippen molar-refractivity contribution in [3.05, 3.63) is 66.1 Å². The lowest BCUT2D eigenvalue weighted by atomic mass is 10.2. The predicted octanol–water partition coefficient (Wildman–Crippen LogP) is 4.00. The lowest BCUT2D eigenvalue weighted by molar-refractivity contribution is 0.152. The summed E-state index contributed by atoms with van der Waals surface area (Å²) in [6.07, 6.45) is 0.897. The maximum atomic E-state index is 10.9. The van der Waals surface area contributed by atoms with Gasteiger partial charge in [0, 0.05) is 11.5 Å². The molecule has 0 aliphatic carbocycles. The number of nitrogens with zero attached hydrogens (tertiary/aromatic N) is 3. The molecule has 1 amide bonds. The van der Waals surface area contributed by atoms with Crippen molar-refractivity contribution in [2.45, 2.75) is 19.0 Å². The van der Waals surface area contributed by atoms with Crippen LogP contribution in [-0.4, -0.2) is 27.2 Å². The summed E-state index contributed by atoms with van der Waals surface area (Å²) in [5.41, 5.74) is 8.54. The molecule has 8 heteroatoms. The molecule has 4 rings (SSSR count). The number of halogens is 1. The van der Waals surface area contributed by atoms with E-state index in [-0.39, 0.29) is 12.5 Å². The van der Waals surface area contributed by atoms with E-state index in [1.807, 2.05) is 53.1 Å². The van der Waals surface area contributed by atoms with Crippen molar-refractivity contribution in [1.82, 2.24) is 14.5 Å². The monoisotopic (exact) mass is 410 g/mol. The van der Waals surface area contributed by atoms with Crippen LogP contribution >= 0.6 is 11.6 Å². The molecule has 0 aliphatic rings. The third kappa shape index (κ3) is 4.09. The molecule has 0 spiro atoms. The van der Waals surface area contributed by atoms with Crippen LogP contribution in [0.2, 0.25) is 0 Å². The number of aromatic nitrogens is 3. The molecule has 7 nitrogen and oxygen atoms in total. The number of primary amides is 1. The SMILES string of the molecule is NC(=O)OCCn1c(CCl)nc2cnc3cc(OCc4ccccc4)ccc3c21. The molecule has 4 aromatic rings. The second kappa shape index (κ2) is 8.36. The number of alkyl halides is 1. The topological polar surface area (TPSA) is 92.3 Å². The van der Waals surface area contributed by atoms with Crippen molar-refractivity contribution >= 4 is 39.6 Å². The van der Waals surface area contributed by atoms with Gasteiger partial charge in [-0.3, -0.25) is 4.98 Å². The van der Waals surface area contributed by atoms with Gasteiger partial charge in [0.15, 0.2) is 0 Å². The van der Waals surface area contributed by atoms with Crippen molar-refractivity contribution < 1.29 is 14.3 Å². The van der Waals surface area contributed by atoms with E-state index in [0.717, 1.165) is 33.2 Å². The Balaban J connectivity index is 1.67. The number of imidazole rings is 1. The van der Waals surface area contributed by atoms with Gasteiger partial charge < -0.3 is 19.8 Å². The average molecular weight is 411 g/mol. The quantitative estimate of drug-likeness (QED) is 0.465. The molecule has 0 bridgehead atoms. The van der Waals surface area contributed by atoms with Crippen LogP contribution in [0.5, 0.6) is 5.75 Å². The number of pyridine rings is 1. The number of carbonyl (C=O) groups is 1. The van der Waals surface area contributed by atoms with Gasteiger partial charge in [0.1, 0.15) is 30.3 Å². The van der Waals surface area contributed by atoms with Gasteiger partial charge in [0.2, 0.25) is 0 Å². The molecule has 0 saturated heterocycles. The van der Waals surface area contributed by atoms with Crippen LogP contribution in [0.3, 0.4) is 0 Å². The van der Waals surface area contributed by atoms with Crippen molar-refractivity contribution in [2.75, 3.05) is 6.61 Å². The Bertz CT molecular complexity index is 1160. The molecular formula is C21H19ClN4O3. The first kappa shape index (κ1) is 19.0. The Kier molecular flexibility index (Phi) is 5.48. The smallest absolute Gasteiger partial charge is 0.404 e. The first-order valence-corrected chi connectivity index (χ1v) is 9.62. The van der Waals surface area contributed by atoms with Crippen LogP contribution in [0.1, 0.15) is 11.4 Å². The third-order valence-electron chi connectivity index (χ3n) is 4.55. The van der Waals surface area contributed by atoms with Crippen molar-refractivity contribution in [3.8, 4) is 5.75 Å². The Morgan fingerprint density at radius 3 is 2.72 bits per heavy atom. The molecule has 2 heterocycles. The predicted molar refractivity (Wildman–Crippen MR) is 111 cm³/mol. The van der Waals surface area contributed by atoms with E-state index in [4.69, 9.17) is 26.8 Å². The van der Waals surface area contributed by atoms with Gasteiger partial charge in [-0.15, -0.1) is 11.6 Å². The fraction of sp³-hybridized carbons (Fsp3) is 0.190. The van der Waals surface area contributed by atoms with Gasteiger partial charge in [0.25, 0.3) is 0 Å². The molecule has 29 heavy (non-hydrogen) atoms. The Morgan fingerprint density at radius 1 is 1.14 bits per heavy atom. The molecule has 2 aromatic carbocycles. The van der Waals surface area contributed by atoms with E-state index in [1.54, 1.807) is 6.20 Å². The van der Waals surface area contributed by atoms with Gasteiger partial charge in [-0.25, -0.2) is 9.78 Å². The molecule has 148 valence electrons. The van der Waals surface area contributed by atoms with E-state index in [9.17, 15) is 4.79 Å². The maximum Gasteiger partial charge on any atom is 0.404 e. The third-order valence-corrected chi connectivity index (χ3v) is 4.79. The molecule has 0 unspecified atom stereocenters. The second-order valence-corrected chi connectivity index (χ2v) is 6.69. The largest absolute Gasteiger partial charge is 0.489 e. The zero-order chi connectivity index (χ0) is 20.2. The fourth-order valence-electron chi connectivity index (χ4n) is 3.25. The summed E-state index contributed by atoms with van der Waals surface area (Å²) >= 11 is 6.06. The molecule has 2 aromatic heterocycles. The Morgan fingerprint density at radius 2 is 1.97 bits per heavy atom. The minimum Gasteiger partial charge on any atom is -0.489 e. The number of nitrogens with two attached hydrogens (primary N) is 1. The number of rotatable bonds is 7. The highest BCUT2D eigenvalue weighted by atomic mass is 35.5. The van der Waals surface area contributed by atoms with Crippen LogP contribution in [-0.2, 0) is 23.8 Å². The van der Waals surface area contributed by atoms with Crippen molar-refractivity contribution in [3.63, 3.8) is 0 Å². The van der Waals surface area contributed by atoms with Crippen molar-refractivity contribution in [1.29, 1.82) is 0 Å². The number of hydrogen-bond donors (Lipinski definition) is 1. The summed E-state index contributed by atoms with van der Waals surface area (Å²) in [4.78, 5) is 19.9. The second-order valence-electron chi connectivity index (χ2n) is 6.43. The van der Waals surface area contributed by atoms with Crippen LogP contribution in [0.4, 0.5) is 4.79 Å². The number of amides is 1. The van der Waals surface area contributed by atoms with Gasteiger partial charge in [-0.1, -0.05) is 30.3 Å². The molecule has 0 atom stereocenters. The lowest BCUT2D eigenvalue weighted by Gasteiger charge is -2.10.